The Morgan fingerprint density at radius 3 is 2.62 bits per heavy atom. The number of nitrogens with zero attached hydrogens (tertiary/aromatic N) is 1. The Balaban J connectivity index is 1.77. The second kappa shape index (κ2) is 5.36. The Labute approximate surface area is 148 Å². The van der Waals surface area contributed by atoms with Crippen molar-refractivity contribution in [1.82, 2.24) is 10.2 Å². The number of rotatable bonds is 1. The summed E-state index contributed by atoms with van der Waals surface area (Å²) in [6.45, 7) is 0. The lowest BCUT2D eigenvalue weighted by Crippen LogP contribution is -2.33. The van der Waals surface area contributed by atoms with Crippen LogP contribution in [0.4, 0.5) is 0 Å². The molecule has 1 aromatic carbocycles. The van der Waals surface area contributed by atoms with Crippen molar-refractivity contribution in [3.05, 3.63) is 76.0 Å². The molecule has 1 aliphatic heterocycles. The van der Waals surface area contributed by atoms with E-state index in [4.69, 9.17) is 4.74 Å². The molecule has 1 N–H and O–H groups in total. The molecule has 0 fully saturated rings. The highest BCUT2D eigenvalue weighted by atomic mass is 16.5. The molecular formula is C20H14N2O4. The van der Waals surface area contributed by atoms with Gasteiger partial charge in [0.15, 0.2) is 17.3 Å². The van der Waals surface area contributed by atoms with Crippen molar-refractivity contribution >= 4 is 17.3 Å². The number of aromatic amines is 1. The van der Waals surface area contributed by atoms with Gasteiger partial charge < -0.3 is 4.74 Å². The first-order valence-electron chi connectivity index (χ1n) is 8.52. The Hall–Kier alpha value is -3.28. The van der Waals surface area contributed by atoms with Crippen molar-refractivity contribution in [2.24, 2.45) is 0 Å². The van der Waals surface area contributed by atoms with Gasteiger partial charge in [0.25, 0.3) is 0 Å². The second-order valence-corrected chi connectivity index (χ2v) is 6.62. The van der Waals surface area contributed by atoms with Crippen LogP contribution in [-0.2, 0) is 9.53 Å². The molecule has 1 aromatic heterocycles. The molecule has 2 heterocycles. The van der Waals surface area contributed by atoms with Gasteiger partial charge in [-0.15, -0.1) is 0 Å². The molecule has 0 amide bonds. The van der Waals surface area contributed by atoms with Gasteiger partial charge >= 0.3 is 0 Å². The van der Waals surface area contributed by atoms with E-state index in [2.05, 4.69) is 10.2 Å². The van der Waals surface area contributed by atoms with Gasteiger partial charge in [-0.3, -0.25) is 19.5 Å². The van der Waals surface area contributed by atoms with Gasteiger partial charge in [-0.25, -0.2) is 0 Å². The van der Waals surface area contributed by atoms with Crippen LogP contribution in [0.3, 0.4) is 0 Å². The van der Waals surface area contributed by atoms with Crippen LogP contribution in [0.5, 0.6) is 0 Å². The average molecular weight is 346 g/mol. The molecule has 0 radical (unpaired) electrons. The second-order valence-electron chi connectivity index (χ2n) is 6.62. The molecule has 0 saturated carbocycles. The number of carbonyl (C=O) groups is 3. The standard InChI is InChI=1S/C20H14N2O4/c23-12-7-4-8-13-15(12)14(10-5-2-1-3-6-10)16-18(24)11-9-21-22-17(11)19(25)20(16)26-13/h1-3,5-6,9,14H,4,7-8H2,(H,21,22). The highest BCUT2D eigenvalue weighted by molar-refractivity contribution is 6.27. The van der Waals surface area contributed by atoms with Crippen LogP contribution in [-0.4, -0.2) is 27.5 Å². The van der Waals surface area contributed by atoms with Gasteiger partial charge in [0.1, 0.15) is 11.5 Å². The number of ether oxygens (including phenoxy) is 1. The molecule has 6 heteroatoms. The quantitative estimate of drug-likeness (QED) is 0.858. The normalized spacial score (nSPS) is 22.0. The first-order chi connectivity index (χ1) is 12.7. The first kappa shape index (κ1) is 15.0. The number of benzene rings is 1. The molecule has 1 unspecified atom stereocenters. The monoisotopic (exact) mass is 346 g/mol. The lowest BCUT2D eigenvalue weighted by molar-refractivity contribution is -0.116. The Kier molecular flexibility index (Phi) is 3.09. The van der Waals surface area contributed by atoms with E-state index in [1.807, 2.05) is 30.3 Å². The molecule has 1 atom stereocenters. The van der Waals surface area contributed by atoms with Crippen molar-refractivity contribution in [3.63, 3.8) is 0 Å². The van der Waals surface area contributed by atoms with Gasteiger partial charge in [0.05, 0.1) is 17.3 Å². The third-order valence-electron chi connectivity index (χ3n) is 5.15. The molecule has 128 valence electrons. The van der Waals surface area contributed by atoms with Crippen molar-refractivity contribution in [2.45, 2.75) is 25.2 Å². The zero-order chi connectivity index (χ0) is 17.8. The number of hydrogen-bond acceptors (Lipinski definition) is 5. The summed E-state index contributed by atoms with van der Waals surface area (Å²) in [5.41, 5.74) is 1.93. The summed E-state index contributed by atoms with van der Waals surface area (Å²) in [7, 11) is 0. The fourth-order valence-electron chi connectivity index (χ4n) is 3.99. The van der Waals surface area contributed by atoms with Crippen LogP contribution in [0.1, 0.15) is 51.6 Å². The van der Waals surface area contributed by atoms with Crippen molar-refractivity contribution in [2.75, 3.05) is 0 Å². The summed E-state index contributed by atoms with van der Waals surface area (Å²) in [6.07, 6.45) is 3.04. The molecule has 26 heavy (non-hydrogen) atoms. The summed E-state index contributed by atoms with van der Waals surface area (Å²) in [6, 6.07) is 9.33. The molecule has 2 aromatic rings. The predicted octanol–water partition coefficient (Wildman–Crippen LogP) is 2.86. The van der Waals surface area contributed by atoms with E-state index >= 15 is 0 Å². The van der Waals surface area contributed by atoms with E-state index in [9.17, 15) is 14.4 Å². The van der Waals surface area contributed by atoms with E-state index in [0.29, 0.717) is 30.6 Å². The minimum Gasteiger partial charge on any atom is -0.457 e. The first-order valence-corrected chi connectivity index (χ1v) is 8.52. The molecule has 0 spiro atoms. The molecular weight excluding hydrogens is 332 g/mol. The maximum atomic E-state index is 13.1. The number of nitrogens with one attached hydrogen (secondary N) is 1. The van der Waals surface area contributed by atoms with Crippen LogP contribution in [0.15, 0.2) is 59.2 Å². The number of carbonyl (C=O) groups excluding carboxylic acids is 3. The van der Waals surface area contributed by atoms with E-state index in [1.54, 1.807) is 0 Å². The third-order valence-corrected chi connectivity index (χ3v) is 5.15. The van der Waals surface area contributed by atoms with Gasteiger partial charge in [0.2, 0.25) is 5.78 Å². The van der Waals surface area contributed by atoms with E-state index in [-0.39, 0.29) is 34.2 Å². The highest BCUT2D eigenvalue weighted by Crippen LogP contribution is 2.47. The van der Waals surface area contributed by atoms with E-state index in [1.165, 1.54) is 6.20 Å². The highest BCUT2D eigenvalue weighted by Gasteiger charge is 2.46. The van der Waals surface area contributed by atoms with Gasteiger partial charge in [-0.05, 0) is 12.0 Å². The molecule has 0 saturated heterocycles. The summed E-state index contributed by atoms with van der Waals surface area (Å²) < 4.78 is 5.85. The topological polar surface area (TPSA) is 89.1 Å². The van der Waals surface area contributed by atoms with Crippen LogP contribution in [0.2, 0.25) is 0 Å². The zero-order valence-electron chi connectivity index (χ0n) is 13.7. The van der Waals surface area contributed by atoms with Crippen LogP contribution >= 0.6 is 0 Å². The van der Waals surface area contributed by atoms with E-state index in [0.717, 1.165) is 5.56 Å². The molecule has 3 aliphatic rings. The van der Waals surface area contributed by atoms with Crippen LogP contribution in [0.25, 0.3) is 0 Å². The zero-order valence-corrected chi connectivity index (χ0v) is 13.7. The van der Waals surface area contributed by atoms with Crippen molar-refractivity contribution < 1.29 is 19.1 Å². The summed E-state index contributed by atoms with van der Waals surface area (Å²) >= 11 is 0. The summed E-state index contributed by atoms with van der Waals surface area (Å²) in [4.78, 5) is 38.7. The van der Waals surface area contributed by atoms with Crippen LogP contribution in [0, 0.1) is 0 Å². The lowest BCUT2D eigenvalue weighted by atomic mass is 9.72. The number of hydrogen-bond donors (Lipinski definition) is 1. The number of ketones is 3. The fraction of sp³-hybridized carbons (Fsp3) is 0.200. The van der Waals surface area contributed by atoms with E-state index < -0.39 is 11.7 Å². The number of Topliss-reactive ketones (excluding diaryl/α,β-unsaturated/α-hetero) is 3. The predicted molar refractivity (Wildman–Crippen MR) is 90.4 cm³/mol. The number of fused-ring (bicyclic) bond motifs is 1. The van der Waals surface area contributed by atoms with Gasteiger partial charge in [0, 0.05) is 24.3 Å². The van der Waals surface area contributed by atoms with Gasteiger partial charge in [-0.2, -0.15) is 5.10 Å². The minimum absolute atomic E-state index is 0.0223. The summed E-state index contributed by atoms with van der Waals surface area (Å²) in [5, 5.41) is 6.43. The SMILES string of the molecule is O=C1CCCC2=C1C(c1ccccc1)C1=C(O2)C(=O)c2[nH]ncc2C1=O. The van der Waals surface area contributed by atoms with Crippen molar-refractivity contribution in [3.8, 4) is 0 Å². The number of H-pyrrole nitrogens is 1. The maximum absolute atomic E-state index is 13.1. The van der Waals surface area contributed by atoms with Gasteiger partial charge in [-0.1, -0.05) is 30.3 Å². The lowest BCUT2D eigenvalue weighted by Gasteiger charge is -2.34. The molecule has 2 aliphatic carbocycles. The average Bonchev–Trinajstić information content (AvgIpc) is 3.16. The third kappa shape index (κ3) is 1.92. The maximum Gasteiger partial charge on any atom is 0.247 e. The fourth-order valence-corrected chi connectivity index (χ4v) is 3.99. The Morgan fingerprint density at radius 1 is 1.00 bits per heavy atom. The van der Waals surface area contributed by atoms with Crippen LogP contribution < -0.4 is 0 Å². The minimum atomic E-state index is -0.581. The largest absolute Gasteiger partial charge is 0.457 e. The molecule has 5 rings (SSSR count). The smallest absolute Gasteiger partial charge is 0.247 e. The van der Waals surface area contributed by atoms with Crippen molar-refractivity contribution in [1.29, 1.82) is 0 Å². The number of aromatic nitrogens is 2. The molecule has 6 nitrogen and oxygen atoms in total. The Bertz CT molecular complexity index is 1040. The number of allylic oxidation sites excluding steroid dienone is 4. The molecule has 0 bridgehead atoms. The summed E-state index contributed by atoms with van der Waals surface area (Å²) in [5.74, 6) is -0.779. The Morgan fingerprint density at radius 2 is 1.81 bits per heavy atom.